The molecule has 0 unspecified atom stereocenters. The summed E-state index contributed by atoms with van der Waals surface area (Å²) in [5, 5.41) is 11.8. The Bertz CT molecular complexity index is 3510. The summed E-state index contributed by atoms with van der Waals surface area (Å²) in [6.45, 7) is 5.51. The second-order valence-corrected chi connectivity index (χ2v) is 23.7. The van der Waals surface area contributed by atoms with E-state index < -0.39 is 31.7 Å². The molecule has 16 nitrogen and oxygen atoms in total. The Kier molecular flexibility index (Phi) is 19.5. The summed E-state index contributed by atoms with van der Waals surface area (Å²) in [4.78, 5) is 30.8. The van der Waals surface area contributed by atoms with Crippen LogP contribution in [0.2, 0.25) is 10.0 Å². The Morgan fingerprint density at radius 2 is 1.03 bits per heavy atom. The number of hydrogen-bond donors (Lipinski definition) is 4. The van der Waals surface area contributed by atoms with E-state index in [0.717, 1.165) is 50.3 Å². The van der Waals surface area contributed by atoms with Crippen molar-refractivity contribution in [3.8, 4) is 22.5 Å². The van der Waals surface area contributed by atoms with Crippen molar-refractivity contribution in [2.24, 2.45) is 5.73 Å². The Morgan fingerprint density at radius 1 is 0.618 bits per heavy atom. The maximum absolute atomic E-state index is 13.5. The highest BCUT2D eigenvalue weighted by Gasteiger charge is 2.29. The third-order valence-electron chi connectivity index (χ3n) is 12.7. The molecule has 0 radical (unpaired) electrons. The minimum Gasteiger partial charge on any atom is -0.444 e. The van der Waals surface area contributed by atoms with Gasteiger partial charge in [0.2, 0.25) is 11.9 Å². The molecule has 5 N–H and O–H groups in total. The van der Waals surface area contributed by atoms with Gasteiger partial charge in [-0.1, -0.05) is 103 Å². The number of hydrogen-bond acceptors (Lipinski definition) is 13. The van der Waals surface area contributed by atoms with Gasteiger partial charge in [0.05, 0.1) is 54.7 Å². The summed E-state index contributed by atoms with van der Waals surface area (Å²) in [7, 11) is -7.66. The van der Waals surface area contributed by atoms with E-state index in [1.807, 2.05) is 51.1 Å². The van der Waals surface area contributed by atoms with E-state index in [2.05, 4.69) is 30.9 Å². The van der Waals surface area contributed by atoms with Gasteiger partial charge in [0.15, 0.2) is 0 Å². The summed E-state index contributed by atoms with van der Waals surface area (Å²) in [6.07, 6.45) is 13.1. The van der Waals surface area contributed by atoms with Crippen LogP contribution in [-0.4, -0.2) is 80.6 Å². The second-order valence-electron chi connectivity index (χ2n) is 19.2. The van der Waals surface area contributed by atoms with E-state index in [1.54, 1.807) is 97.5 Å². The van der Waals surface area contributed by atoms with Gasteiger partial charge in [-0.2, -0.15) is 0 Å². The molecule has 4 heterocycles. The number of para-hydroxylation sites is 2. The molecule has 4 atom stereocenters. The highest BCUT2D eigenvalue weighted by Crippen LogP contribution is 2.38. The monoisotopic (exact) mass is 1150 g/mol. The maximum Gasteiger partial charge on any atom is 0.407 e. The zero-order valence-corrected chi connectivity index (χ0v) is 46.0. The number of amides is 1. The molecule has 404 valence electrons. The van der Waals surface area contributed by atoms with Crippen molar-refractivity contribution >= 4 is 108 Å². The molecule has 4 aromatic carbocycles. The van der Waals surface area contributed by atoms with Crippen LogP contribution in [0.25, 0.3) is 44.3 Å². The maximum atomic E-state index is 13.5. The Hall–Kier alpha value is -5.99. The van der Waals surface area contributed by atoms with Gasteiger partial charge >= 0.3 is 6.09 Å². The predicted octanol–water partition coefficient (Wildman–Crippen LogP) is 12.4. The number of fused-ring (bicyclic) bond motifs is 2. The van der Waals surface area contributed by atoms with Crippen molar-refractivity contribution in [1.29, 1.82) is 0 Å². The fourth-order valence-corrected chi connectivity index (χ4v) is 12.6. The van der Waals surface area contributed by atoms with Gasteiger partial charge in [0.1, 0.15) is 5.60 Å². The molecule has 22 heteroatoms. The van der Waals surface area contributed by atoms with Gasteiger partial charge in [-0.3, -0.25) is 0 Å². The number of nitrogens with zero attached hydrogens (tertiary/aromatic N) is 6. The molecule has 2 aliphatic rings. The SMILES string of the molecule is C.CC(C)(C)OC(=O)N[C@H]1CCC[C@@H](Nc2ncc(Cl)c(-c3cn(S(=O)(=O)c4ccccc4)c4ccccc34)n2)C1.Cl.Cl.N[C@H]1CCC[C@@H](Nc2ncc(Cl)c(-c3cn(S(=O)(=O)c4ccccc4)c4ccccc34)n2)C1. The quantitative estimate of drug-likeness (QED) is 0.0949. The minimum absolute atomic E-state index is 0. The smallest absolute Gasteiger partial charge is 0.407 e. The number of ether oxygens (including phenoxy) is 1. The Labute approximate surface area is 466 Å². The zero-order chi connectivity index (χ0) is 51.5. The van der Waals surface area contributed by atoms with Gasteiger partial charge in [-0.15, -0.1) is 24.8 Å². The van der Waals surface area contributed by atoms with Crippen molar-refractivity contribution in [3.05, 3.63) is 144 Å². The number of nitrogens with two attached hydrogens (primary N) is 1. The van der Waals surface area contributed by atoms with E-state index >= 15 is 0 Å². The van der Waals surface area contributed by atoms with Crippen molar-refractivity contribution in [2.45, 2.75) is 119 Å². The summed E-state index contributed by atoms with van der Waals surface area (Å²) in [6, 6.07) is 31.6. The average Bonchev–Trinajstić information content (AvgIpc) is 3.97. The van der Waals surface area contributed by atoms with Gasteiger partial charge in [0.25, 0.3) is 20.0 Å². The lowest BCUT2D eigenvalue weighted by molar-refractivity contribution is 0.0491. The van der Waals surface area contributed by atoms with E-state index in [0.29, 0.717) is 67.3 Å². The standard InChI is InChI=1S/C29H32ClN5O4S.C24H24ClN5O2S.CH4.2ClH/c1-29(2,3)39-28(36)33-20-11-9-10-19(16-20)32-27-31-17-24(30)26(34-27)23-18-35(25-15-8-7-14-22(23)25)40(37,38)21-12-5-4-6-13-21;25-21-14-27-24(28-17-8-6-7-16(26)13-17)29-23(21)20-15-30(22-12-5-4-11-19(20)22)33(31,32)18-9-2-1-3-10-18;;;/h4-8,12-15,17-20H,9-11,16H2,1-3H3,(H,33,36)(H,31,32,34);1-5,9-12,14-17H,6-8,13,26H2,(H,27,28,29);1H4;2*1H/t19-,20+;16-,17+;;;/m10.../s1. The third kappa shape index (κ3) is 13.4. The molecule has 0 bridgehead atoms. The normalized spacial score (nSPS) is 17.7. The number of rotatable bonds is 11. The van der Waals surface area contributed by atoms with Crippen LogP contribution >= 0.6 is 48.0 Å². The summed E-state index contributed by atoms with van der Waals surface area (Å²) in [5.41, 5.74) is 8.75. The summed E-state index contributed by atoms with van der Waals surface area (Å²) in [5.74, 6) is 0.835. The zero-order valence-electron chi connectivity index (χ0n) is 41.3. The number of carbonyl (C=O) groups is 1. The van der Waals surface area contributed by atoms with Gasteiger partial charge in [-0.25, -0.2) is 49.5 Å². The highest BCUT2D eigenvalue weighted by molar-refractivity contribution is 7.90. The molecule has 0 saturated heterocycles. The highest BCUT2D eigenvalue weighted by atomic mass is 35.5. The first-order valence-electron chi connectivity index (χ1n) is 24.1. The number of halogens is 4. The minimum atomic E-state index is -3.86. The van der Waals surface area contributed by atoms with Crippen LogP contribution in [0, 0.1) is 0 Å². The Balaban J connectivity index is 0.000000241. The average molecular weight is 1150 g/mol. The number of alkyl carbamates (subject to hydrolysis) is 1. The van der Waals surface area contributed by atoms with Crippen LogP contribution in [0.3, 0.4) is 0 Å². The lowest BCUT2D eigenvalue weighted by Gasteiger charge is -2.31. The first kappa shape index (κ1) is 59.3. The first-order chi connectivity index (χ1) is 34.9. The van der Waals surface area contributed by atoms with Crippen molar-refractivity contribution in [3.63, 3.8) is 0 Å². The lowest BCUT2D eigenvalue weighted by Crippen LogP contribution is -2.44. The van der Waals surface area contributed by atoms with Gasteiger partial charge < -0.3 is 26.4 Å². The van der Waals surface area contributed by atoms with Crippen LogP contribution in [0.1, 0.15) is 79.6 Å². The third-order valence-corrected chi connectivity index (χ3v) is 16.7. The molecule has 76 heavy (non-hydrogen) atoms. The molecule has 2 aliphatic carbocycles. The molecular weight excluding hydrogens is 1090 g/mol. The molecular formula is C54H62Cl4N10O6S2. The second kappa shape index (κ2) is 25.0. The van der Waals surface area contributed by atoms with Gasteiger partial charge in [0, 0.05) is 58.5 Å². The molecule has 0 aliphatic heterocycles. The molecule has 10 rings (SSSR count). The van der Waals surface area contributed by atoms with Crippen molar-refractivity contribution in [1.82, 2.24) is 33.2 Å². The molecule has 2 fully saturated rings. The molecule has 1 amide bonds. The topological polar surface area (TPSA) is 218 Å². The van der Waals surface area contributed by atoms with Gasteiger partial charge in [-0.05, 0) is 109 Å². The molecule has 0 spiro atoms. The molecule has 4 aromatic heterocycles. The van der Waals surface area contributed by atoms with E-state index in [1.165, 1.54) is 14.1 Å². The van der Waals surface area contributed by atoms with Crippen LogP contribution in [-0.2, 0) is 24.8 Å². The Morgan fingerprint density at radius 3 is 1.47 bits per heavy atom. The fourth-order valence-electron chi connectivity index (χ4n) is 9.39. The van der Waals surface area contributed by atoms with E-state index in [-0.39, 0.29) is 66.2 Å². The van der Waals surface area contributed by atoms with E-state index in [4.69, 9.17) is 38.7 Å². The van der Waals surface area contributed by atoms with Crippen molar-refractivity contribution < 1.29 is 26.4 Å². The fraction of sp³-hybridized carbons (Fsp3) is 0.315. The number of carbonyl (C=O) groups excluding carboxylic acids is 1. The summed E-state index contributed by atoms with van der Waals surface area (Å²) >= 11 is 13.1. The predicted molar refractivity (Wildman–Crippen MR) is 308 cm³/mol. The number of aromatic nitrogens is 6. The van der Waals surface area contributed by atoms with Crippen LogP contribution < -0.4 is 21.7 Å². The van der Waals surface area contributed by atoms with Crippen LogP contribution in [0.5, 0.6) is 0 Å². The lowest BCUT2D eigenvalue weighted by atomic mass is 9.91. The number of benzene rings is 4. The van der Waals surface area contributed by atoms with Crippen LogP contribution in [0.4, 0.5) is 16.7 Å². The number of nitrogens with one attached hydrogen (secondary N) is 3. The van der Waals surface area contributed by atoms with E-state index in [9.17, 15) is 21.6 Å². The molecule has 8 aromatic rings. The van der Waals surface area contributed by atoms with Crippen molar-refractivity contribution in [2.75, 3.05) is 10.6 Å². The number of anilines is 2. The van der Waals surface area contributed by atoms with Crippen LogP contribution in [0.15, 0.2) is 144 Å². The first-order valence-corrected chi connectivity index (χ1v) is 27.7. The molecule has 2 saturated carbocycles. The summed E-state index contributed by atoms with van der Waals surface area (Å²) < 4.78 is 61.9. The largest absolute Gasteiger partial charge is 0.444 e.